The Hall–Kier alpha value is -2.12. The molecule has 7 heteroatoms. The van der Waals surface area contributed by atoms with Gasteiger partial charge in [0.15, 0.2) is 5.76 Å². The van der Waals surface area contributed by atoms with E-state index in [-0.39, 0.29) is 11.9 Å². The quantitative estimate of drug-likeness (QED) is 0.597. The van der Waals surface area contributed by atoms with E-state index in [0.717, 1.165) is 34.2 Å². The van der Waals surface area contributed by atoms with Gasteiger partial charge in [-0.3, -0.25) is 9.69 Å². The highest BCUT2D eigenvalue weighted by Gasteiger charge is 2.31. The first-order chi connectivity index (χ1) is 14.1. The maximum absolute atomic E-state index is 12.7. The number of aryl methyl sites for hydroxylation is 1. The summed E-state index contributed by atoms with van der Waals surface area (Å²) in [6.45, 7) is 7.14. The third-order valence-corrected chi connectivity index (χ3v) is 6.77. The van der Waals surface area contributed by atoms with Gasteiger partial charge < -0.3 is 14.5 Å². The Morgan fingerprint density at radius 2 is 1.93 bits per heavy atom. The lowest BCUT2D eigenvalue weighted by atomic mass is 9.94. The topological polar surface area (TPSA) is 54.7 Å². The number of hydrogen-bond donors (Lipinski definition) is 1. The van der Waals surface area contributed by atoms with Crippen molar-refractivity contribution < 1.29 is 13.9 Å². The molecule has 152 valence electrons. The Labute approximate surface area is 179 Å². The zero-order chi connectivity index (χ0) is 20.4. The number of rotatable bonds is 5. The van der Waals surface area contributed by atoms with E-state index in [1.807, 2.05) is 18.2 Å². The van der Waals surface area contributed by atoms with Crippen LogP contribution in [-0.2, 0) is 4.74 Å². The van der Waals surface area contributed by atoms with Gasteiger partial charge in [-0.05, 0) is 43.2 Å². The third-order valence-electron chi connectivity index (χ3n) is 5.29. The molecule has 3 aromatic rings. The molecule has 0 spiro atoms. The molecule has 1 N–H and O–H groups in total. The van der Waals surface area contributed by atoms with Gasteiger partial charge in [0.1, 0.15) is 5.00 Å². The fourth-order valence-electron chi connectivity index (χ4n) is 3.71. The minimum absolute atomic E-state index is 0.0653. The van der Waals surface area contributed by atoms with Crippen LogP contribution >= 0.6 is 22.9 Å². The Morgan fingerprint density at radius 1 is 1.17 bits per heavy atom. The molecule has 1 aliphatic heterocycles. The van der Waals surface area contributed by atoms with Crippen LogP contribution in [0.15, 0.2) is 47.1 Å². The van der Waals surface area contributed by atoms with Crippen molar-refractivity contribution in [3.8, 4) is 0 Å². The van der Waals surface area contributed by atoms with Crippen molar-refractivity contribution in [2.24, 2.45) is 0 Å². The molecule has 1 saturated heterocycles. The molecule has 3 heterocycles. The molecule has 1 atom stereocenters. The van der Waals surface area contributed by atoms with Crippen molar-refractivity contribution in [2.75, 3.05) is 31.6 Å². The maximum Gasteiger partial charge on any atom is 0.291 e. The number of thiophene rings is 1. The van der Waals surface area contributed by atoms with E-state index in [4.69, 9.17) is 20.8 Å². The van der Waals surface area contributed by atoms with E-state index < -0.39 is 0 Å². The lowest BCUT2D eigenvalue weighted by Crippen LogP contribution is -2.40. The number of nitrogens with one attached hydrogen (secondary N) is 1. The summed E-state index contributed by atoms with van der Waals surface area (Å²) in [6, 6.07) is 11.2. The fraction of sp³-hybridized carbons (Fsp3) is 0.318. The molecular weight excluding hydrogens is 408 g/mol. The lowest BCUT2D eigenvalue weighted by molar-refractivity contribution is 0.0240. The number of hydrogen-bond acceptors (Lipinski definition) is 5. The predicted molar refractivity (Wildman–Crippen MR) is 116 cm³/mol. The van der Waals surface area contributed by atoms with Gasteiger partial charge in [-0.1, -0.05) is 29.8 Å². The molecular formula is C22H23ClN2O3S. The number of anilines is 1. The summed E-state index contributed by atoms with van der Waals surface area (Å²) in [5.74, 6) is 0.0395. The van der Waals surface area contributed by atoms with Gasteiger partial charge in [0.25, 0.3) is 5.91 Å². The molecule has 0 aliphatic carbocycles. The van der Waals surface area contributed by atoms with Crippen molar-refractivity contribution in [2.45, 2.75) is 19.9 Å². The molecule has 1 aliphatic rings. The molecule has 0 radical (unpaired) electrons. The van der Waals surface area contributed by atoms with E-state index in [1.165, 1.54) is 16.7 Å². The van der Waals surface area contributed by atoms with Gasteiger partial charge >= 0.3 is 0 Å². The number of halogens is 1. The van der Waals surface area contributed by atoms with Crippen LogP contribution in [0, 0.1) is 13.8 Å². The number of morpholine rings is 1. The summed E-state index contributed by atoms with van der Waals surface area (Å²) in [5.41, 5.74) is 3.29. The molecule has 29 heavy (non-hydrogen) atoms. The smallest absolute Gasteiger partial charge is 0.291 e. The molecule has 1 fully saturated rings. The second-order valence-corrected chi connectivity index (χ2v) is 8.66. The molecule has 1 aromatic carbocycles. The van der Waals surface area contributed by atoms with E-state index in [2.05, 4.69) is 30.1 Å². The molecule has 1 amide bonds. The first kappa shape index (κ1) is 20.2. The number of furan rings is 1. The van der Waals surface area contributed by atoms with Crippen molar-refractivity contribution in [3.05, 3.63) is 75.0 Å². The van der Waals surface area contributed by atoms with Crippen LogP contribution < -0.4 is 5.32 Å². The highest BCUT2D eigenvalue weighted by Crippen LogP contribution is 2.44. The number of amides is 1. The minimum atomic E-state index is -0.252. The molecule has 2 aromatic heterocycles. The van der Waals surface area contributed by atoms with E-state index in [0.29, 0.717) is 19.0 Å². The van der Waals surface area contributed by atoms with E-state index >= 15 is 0 Å². The summed E-state index contributed by atoms with van der Waals surface area (Å²) < 4.78 is 10.8. The normalized spacial score (nSPS) is 16.0. The van der Waals surface area contributed by atoms with Crippen LogP contribution in [0.4, 0.5) is 5.00 Å². The van der Waals surface area contributed by atoms with Gasteiger partial charge in [-0.25, -0.2) is 0 Å². The van der Waals surface area contributed by atoms with Gasteiger partial charge in [-0.2, -0.15) is 0 Å². The summed E-state index contributed by atoms with van der Waals surface area (Å²) in [4.78, 5) is 16.2. The van der Waals surface area contributed by atoms with Crippen LogP contribution in [0.25, 0.3) is 0 Å². The highest BCUT2D eigenvalue weighted by atomic mass is 35.5. The number of ether oxygens (including phenoxy) is 1. The maximum atomic E-state index is 12.7. The number of nitrogens with zero attached hydrogens (tertiary/aromatic N) is 1. The van der Waals surface area contributed by atoms with Gasteiger partial charge in [0.2, 0.25) is 0 Å². The van der Waals surface area contributed by atoms with E-state index in [1.54, 1.807) is 23.5 Å². The standard InChI is InChI=1S/C22H23ClN2O3S/c1-14-15(2)29-22(24-21(26)18-8-5-11-28-18)19(14)20(25-9-12-27-13-10-25)16-6-3-4-7-17(16)23/h3-8,11,20H,9-10,12-13H2,1-2H3,(H,24,26). The fourth-order valence-corrected chi connectivity index (χ4v) is 5.03. The Bertz CT molecular complexity index is 994. The summed E-state index contributed by atoms with van der Waals surface area (Å²) >= 11 is 8.21. The zero-order valence-corrected chi connectivity index (χ0v) is 18.0. The largest absolute Gasteiger partial charge is 0.459 e. The number of carbonyl (C=O) groups is 1. The van der Waals surface area contributed by atoms with E-state index in [9.17, 15) is 4.79 Å². The van der Waals surface area contributed by atoms with Gasteiger partial charge in [0, 0.05) is 28.6 Å². The number of carbonyl (C=O) groups excluding carboxylic acids is 1. The summed E-state index contributed by atoms with van der Waals surface area (Å²) in [6.07, 6.45) is 1.50. The Kier molecular flexibility index (Phi) is 6.06. The monoisotopic (exact) mass is 430 g/mol. The molecule has 0 saturated carbocycles. The summed E-state index contributed by atoms with van der Waals surface area (Å²) in [5, 5.41) is 4.62. The number of benzene rings is 1. The van der Waals surface area contributed by atoms with Crippen molar-refractivity contribution >= 4 is 33.8 Å². The van der Waals surface area contributed by atoms with Crippen LogP contribution in [0.5, 0.6) is 0 Å². The van der Waals surface area contributed by atoms with Crippen molar-refractivity contribution in [1.82, 2.24) is 4.90 Å². The second kappa shape index (κ2) is 8.71. The molecule has 5 nitrogen and oxygen atoms in total. The molecule has 1 unspecified atom stereocenters. The molecule has 0 bridgehead atoms. The van der Waals surface area contributed by atoms with Crippen LogP contribution in [0.1, 0.15) is 38.2 Å². The van der Waals surface area contributed by atoms with Gasteiger partial charge in [0.05, 0.1) is 25.5 Å². The van der Waals surface area contributed by atoms with Crippen LogP contribution in [-0.4, -0.2) is 37.1 Å². The third kappa shape index (κ3) is 4.12. The SMILES string of the molecule is Cc1sc(NC(=O)c2ccco2)c(C(c2ccccc2Cl)N2CCOCC2)c1C. The average molecular weight is 431 g/mol. The van der Waals surface area contributed by atoms with Crippen molar-refractivity contribution in [1.29, 1.82) is 0 Å². The predicted octanol–water partition coefficient (Wildman–Crippen LogP) is 5.29. The highest BCUT2D eigenvalue weighted by molar-refractivity contribution is 7.16. The summed E-state index contributed by atoms with van der Waals surface area (Å²) in [7, 11) is 0. The Morgan fingerprint density at radius 3 is 2.62 bits per heavy atom. The molecule has 4 rings (SSSR count). The Balaban J connectivity index is 1.79. The average Bonchev–Trinajstić information content (AvgIpc) is 3.35. The minimum Gasteiger partial charge on any atom is -0.459 e. The first-order valence-electron chi connectivity index (χ1n) is 9.57. The first-order valence-corrected chi connectivity index (χ1v) is 10.8. The second-order valence-electron chi connectivity index (χ2n) is 7.03. The van der Waals surface area contributed by atoms with Crippen LogP contribution in [0.3, 0.4) is 0 Å². The van der Waals surface area contributed by atoms with Gasteiger partial charge in [-0.15, -0.1) is 11.3 Å². The van der Waals surface area contributed by atoms with Crippen LogP contribution in [0.2, 0.25) is 5.02 Å². The lowest BCUT2D eigenvalue weighted by Gasteiger charge is -2.36. The zero-order valence-electron chi connectivity index (χ0n) is 16.4. The van der Waals surface area contributed by atoms with Crippen molar-refractivity contribution in [3.63, 3.8) is 0 Å².